The van der Waals surface area contributed by atoms with Crippen LogP contribution in [-0.2, 0) is 11.8 Å². The summed E-state index contributed by atoms with van der Waals surface area (Å²) >= 11 is 3.37. The number of aromatic nitrogens is 2. The van der Waals surface area contributed by atoms with Gasteiger partial charge in [-0.3, -0.25) is 14.4 Å². The second-order valence-electron chi connectivity index (χ2n) is 3.45. The summed E-state index contributed by atoms with van der Waals surface area (Å²) in [5.41, 5.74) is 0. The van der Waals surface area contributed by atoms with Gasteiger partial charge in [-0.2, -0.15) is 5.10 Å². The lowest BCUT2D eigenvalue weighted by Gasteiger charge is -2.27. The number of anilines is 1. The van der Waals surface area contributed by atoms with E-state index in [4.69, 9.17) is 0 Å². The summed E-state index contributed by atoms with van der Waals surface area (Å²) in [6.45, 7) is 0.776. The molecule has 0 aliphatic carbocycles. The molecule has 1 saturated heterocycles. The minimum Gasteiger partial charge on any atom is -0.294 e. The normalized spacial score (nSPS) is 22.9. The molecule has 1 aromatic heterocycles. The smallest absolute Gasteiger partial charge is 0.241 e. The maximum absolute atomic E-state index is 11.8. The standard InChI is InChI=1S/C9H12BrN3O/c1-12-6-4-8(11-12)13-5-2-3-7(10)9(13)14/h4,6-7H,2-3,5H2,1H3. The number of carbonyl (C=O) groups excluding carboxylic acids is 1. The lowest BCUT2D eigenvalue weighted by atomic mass is 10.1. The minimum absolute atomic E-state index is 0.0433. The van der Waals surface area contributed by atoms with E-state index in [9.17, 15) is 4.79 Å². The largest absolute Gasteiger partial charge is 0.294 e. The van der Waals surface area contributed by atoms with E-state index in [0.717, 1.165) is 25.2 Å². The third-order valence-corrected chi connectivity index (χ3v) is 3.20. The van der Waals surface area contributed by atoms with Gasteiger partial charge in [-0.05, 0) is 12.8 Å². The second kappa shape index (κ2) is 3.73. The fourth-order valence-electron chi connectivity index (χ4n) is 1.61. The molecule has 1 amide bonds. The number of hydrogen-bond donors (Lipinski definition) is 0. The van der Waals surface area contributed by atoms with Gasteiger partial charge in [0.05, 0.1) is 4.83 Å². The zero-order chi connectivity index (χ0) is 10.1. The molecule has 2 rings (SSSR count). The van der Waals surface area contributed by atoms with Crippen molar-refractivity contribution < 1.29 is 4.79 Å². The molecule has 0 aromatic carbocycles. The van der Waals surface area contributed by atoms with Gasteiger partial charge in [-0.25, -0.2) is 0 Å². The third kappa shape index (κ3) is 1.68. The minimum atomic E-state index is -0.0433. The molecule has 0 spiro atoms. The van der Waals surface area contributed by atoms with Gasteiger partial charge in [0.2, 0.25) is 5.91 Å². The average Bonchev–Trinajstić information content (AvgIpc) is 2.57. The van der Waals surface area contributed by atoms with Crippen LogP contribution in [0.2, 0.25) is 0 Å². The van der Waals surface area contributed by atoms with Crippen molar-refractivity contribution in [2.24, 2.45) is 7.05 Å². The third-order valence-electron chi connectivity index (χ3n) is 2.35. The summed E-state index contributed by atoms with van der Waals surface area (Å²) in [5, 5.41) is 4.22. The first-order chi connectivity index (χ1) is 6.68. The second-order valence-corrected chi connectivity index (χ2v) is 4.55. The molecule has 4 nitrogen and oxygen atoms in total. The Morgan fingerprint density at radius 2 is 2.43 bits per heavy atom. The quantitative estimate of drug-likeness (QED) is 0.712. The van der Waals surface area contributed by atoms with Crippen molar-refractivity contribution in [2.75, 3.05) is 11.4 Å². The van der Waals surface area contributed by atoms with Gasteiger partial charge in [-0.15, -0.1) is 0 Å². The highest BCUT2D eigenvalue weighted by Crippen LogP contribution is 2.22. The van der Waals surface area contributed by atoms with Crippen LogP contribution in [0.25, 0.3) is 0 Å². The van der Waals surface area contributed by atoms with Gasteiger partial charge in [0.25, 0.3) is 0 Å². The van der Waals surface area contributed by atoms with Crippen LogP contribution in [0.3, 0.4) is 0 Å². The van der Waals surface area contributed by atoms with Crippen LogP contribution in [0.1, 0.15) is 12.8 Å². The van der Waals surface area contributed by atoms with E-state index < -0.39 is 0 Å². The first-order valence-corrected chi connectivity index (χ1v) is 5.55. The molecule has 1 fully saturated rings. The summed E-state index contributed by atoms with van der Waals surface area (Å²) in [4.78, 5) is 13.5. The molecular weight excluding hydrogens is 246 g/mol. The first-order valence-electron chi connectivity index (χ1n) is 4.63. The Morgan fingerprint density at radius 1 is 1.64 bits per heavy atom. The summed E-state index contributed by atoms with van der Waals surface area (Å²) in [5.74, 6) is 0.872. The molecule has 1 atom stereocenters. The van der Waals surface area contributed by atoms with Crippen molar-refractivity contribution in [3.05, 3.63) is 12.3 Å². The Labute approximate surface area is 91.0 Å². The number of rotatable bonds is 1. The number of piperidine rings is 1. The van der Waals surface area contributed by atoms with Crippen LogP contribution in [0.5, 0.6) is 0 Å². The van der Waals surface area contributed by atoms with Gasteiger partial charge in [-0.1, -0.05) is 15.9 Å². The maximum Gasteiger partial charge on any atom is 0.241 e. The number of halogens is 1. The number of aryl methyl sites for hydroxylation is 1. The predicted octanol–water partition coefficient (Wildman–Crippen LogP) is 1.31. The summed E-state index contributed by atoms with van der Waals surface area (Å²) in [6.07, 6.45) is 3.79. The Morgan fingerprint density at radius 3 is 3.07 bits per heavy atom. The maximum atomic E-state index is 11.8. The molecular formula is C9H12BrN3O. The van der Waals surface area contributed by atoms with Crippen molar-refractivity contribution in [3.8, 4) is 0 Å². The van der Waals surface area contributed by atoms with Gasteiger partial charge >= 0.3 is 0 Å². The highest BCUT2D eigenvalue weighted by molar-refractivity contribution is 9.10. The number of carbonyl (C=O) groups is 1. The van der Waals surface area contributed by atoms with Gasteiger partial charge in [0, 0.05) is 25.9 Å². The highest BCUT2D eigenvalue weighted by Gasteiger charge is 2.28. The van der Waals surface area contributed by atoms with Crippen LogP contribution in [0, 0.1) is 0 Å². The molecule has 1 unspecified atom stereocenters. The van der Waals surface area contributed by atoms with Gasteiger partial charge < -0.3 is 0 Å². The van der Waals surface area contributed by atoms with Crippen molar-refractivity contribution in [1.82, 2.24) is 9.78 Å². The van der Waals surface area contributed by atoms with E-state index in [1.54, 1.807) is 9.58 Å². The van der Waals surface area contributed by atoms with E-state index in [2.05, 4.69) is 21.0 Å². The summed E-state index contributed by atoms with van der Waals surface area (Å²) < 4.78 is 1.71. The van der Waals surface area contributed by atoms with Crippen LogP contribution in [-0.4, -0.2) is 27.1 Å². The SMILES string of the molecule is Cn1ccc(N2CCCC(Br)C2=O)n1. The van der Waals surface area contributed by atoms with Crippen LogP contribution < -0.4 is 4.90 Å². The van der Waals surface area contributed by atoms with Gasteiger partial charge in [0.1, 0.15) is 0 Å². The van der Waals surface area contributed by atoms with Crippen molar-refractivity contribution in [3.63, 3.8) is 0 Å². The van der Waals surface area contributed by atoms with Crippen LogP contribution in [0.4, 0.5) is 5.82 Å². The topological polar surface area (TPSA) is 38.1 Å². The van der Waals surface area contributed by atoms with Gasteiger partial charge in [0.15, 0.2) is 5.82 Å². The molecule has 76 valence electrons. The van der Waals surface area contributed by atoms with Crippen molar-refractivity contribution >= 4 is 27.7 Å². The highest BCUT2D eigenvalue weighted by atomic mass is 79.9. The number of amides is 1. The summed E-state index contributed by atoms with van der Waals surface area (Å²) in [6, 6.07) is 1.86. The molecule has 0 saturated carbocycles. The van der Waals surface area contributed by atoms with E-state index in [0.29, 0.717) is 0 Å². The average molecular weight is 258 g/mol. The van der Waals surface area contributed by atoms with Crippen LogP contribution in [0.15, 0.2) is 12.3 Å². The number of nitrogens with zero attached hydrogens (tertiary/aromatic N) is 3. The molecule has 1 aliphatic rings. The molecule has 1 aromatic rings. The molecule has 2 heterocycles. The predicted molar refractivity (Wildman–Crippen MR) is 57.5 cm³/mol. The molecule has 5 heteroatoms. The Bertz CT molecular complexity index is 350. The molecule has 0 N–H and O–H groups in total. The number of hydrogen-bond acceptors (Lipinski definition) is 2. The lowest BCUT2D eigenvalue weighted by molar-refractivity contribution is -0.118. The molecule has 1 aliphatic heterocycles. The van der Waals surface area contributed by atoms with E-state index in [-0.39, 0.29) is 10.7 Å². The monoisotopic (exact) mass is 257 g/mol. The fraction of sp³-hybridized carbons (Fsp3) is 0.556. The fourth-order valence-corrected chi connectivity index (χ4v) is 2.18. The Balaban J connectivity index is 2.21. The Hall–Kier alpha value is -0.840. The lowest BCUT2D eigenvalue weighted by Crippen LogP contribution is -2.42. The van der Waals surface area contributed by atoms with Crippen LogP contribution >= 0.6 is 15.9 Å². The zero-order valence-corrected chi connectivity index (χ0v) is 9.57. The molecule has 0 bridgehead atoms. The molecule has 14 heavy (non-hydrogen) atoms. The van der Waals surface area contributed by atoms with E-state index in [1.165, 1.54) is 0 Å². The Kier molecular flexibility index (Phi) is 2.58. The zero-order valence-electron chi connectivity index (χ0n) is 7.98. The van der Waals surface area contributed by atoms with Crippen molar-refractivity contribution in [1.29, 1.82) is 0 Å². The van der Waals surface area contributed by atoms with E-state index >= 15 is 0 Å². The number of alkyl halides is 1. The summed E-state index contributed by atoms with van der Waals surface area (Å²) in [7, 11) is 1.85. The van der Waals surface area contributed by atoms with Crippen molar-refractivity contribution in [2.45, 2.75) is 17.7 Å². The van der Waals surface area contributed by atoms with E-state index in [1.807, 2.05) is 19.3 Å². The molecule has 0 radical (unpaired) electrons. The first kappa shape index (κ1) is 9.71.